The predicted molar refractivity (Wildman–Crippen MR) is 68.8 cm³/mol. The second kappa shape index (κ2) is 6.40. The molecule has 5 heteroatoms. The van der Waals surface area contributed by atoms with Crippen LogP contribution in [0.1, 0.15) is 18.7 Å². The van der Waals surface area contributed by atoms with Gasteiger partial charge in [-0.15, -0.1) is 23.1 Å². The third kappa shape index (κ3) is 5.44. The van der Waals surface area contributed by atoms with Crippen molar-refractivity contribution < 1.29 is 4.79 Å². The highest BCUT2D eigenvalue weighted by atomic mass is 35.5. The van der Waals surface area contributed by atoms with E-state index < -0.39 is 0 Å². The zero-order valence-corrected chi connectivity index (χ0v) is 11.1. The number of carbonyl (C=O) groups is 1. The minimum Gasteiger partial charge on any atom is -0.353 e. The lowest BCUT2D eigenvalue weighted by Crippen LogP contribution is -2.31. The second-order valence-corrected chi connectivity index (χ2v) is 6.21. The molecule has 0 aliphatic rings. The monoisotopic (exact) mass is 263 g/mol. The number of rotatable bonds is 5. The normalized spacial score (nSPS) is 10.7. The fraction of sp³-hybridized carbons (Fsp3) is 0.500. The molecule has 0 aliphatic carbocycles. The molecular formula is C10H14ClNOS2. The molecule has 0 radical (unpaired) electrons. The van der Waals surface area contributed by atoms with E-state index in [0.29, 0.717) is 5.75 Å². The van der Waals surface area contributed by atoms with Crippen LogP contribution in [0, 0.1) is 0 Å². The van der Waals surface area contributed by atoms with Crippen LogP contribution < -0.4 is 5.32 Å². The molecule has 0 atom stereocenters. The first kappa shape index (κ1) is 12.9. The fourth-order valence-electron chi connectivity index (χ4n) is 1.04. The molecule has 1 aromatic rings. The maximum Gasteiger partial charge on any atom is 0.230 e. The molecule has 0 spiro atoms. The summed E-state index contributed by atoms with van der Waals surface area (Å²) in [6.07, 6.45) is 0. The summed E-state index contributed by atoms with van der Waals surface area (Å²) in [4.78, 5) is 12.5. The minimum atomic E-state index is 0.0950. The molecule has 1 amide bonds. The molecule has 1 N–H and O–H groups in total. The van der Waals surface area contributed by atoms with Gasteiger partial charge >= 0.3 is 0 Å². The van der Waals surface area contributed by atoms with Crippen molar-refractivity contribution in [3.05, 3.63) is 21.3 Å². The van der Waals surface area contributed by atoms with Gasteiger partial charge < -0.3 is 5.32 Å². The van der Waals surface area contributed by atoms with Crippen molar-refractivity contribution in [2.75, 3.05) is 5.75 Å². The van der Waals surface area contributed by atoms with E-state index in [9.17, 15) is 4.79 Å². The van der Waals surface area contributed by atoms with Gasteiger partial charge in [-0.2, -0.15) is 0 Å². The minimum absolute atomic E-state index is 0.0950. The van der Waals surface area contributed by atoms with Crippen LogP contribution in [0.3, 0.4) is 0 Å². The largest absolute Gasteiger partial charge is 0.353 e. The molecule has 0 aliphatic heterocycles. The van der Waals surface area contributed by atoms with Crippen LogP contribution in [0.2, 0.25) is 4.34 Å². The summed E-state index contributed by atoms with van der Waals surface area (Å²) in [6.45, 7) is 3.92. The first-order valence-corrected chi connectivity index (χ1v) is 7.04. The van der Waals surface area contributed by atoms with Crippen molar-refractivity contribution in [2.24, 2.45) is 0 Å². The molecule has 0 aromatic carbocycles. The van der Waals surface area contributed by atoms with Gasteiger partial charge in [0.25, 0.3) is 0 Å². The van der Waals surface area contributed by atoms with Gasteiger partial charge in [0.05, 0.1) is 10.1 Å². The zero-order chi connectivity index (χ0) is 11.3. The Morgan fingerprint density at radius 2 is 2.33 bits per heavy atom. The van der Waals surface area contributed by atoms with Crippen molar-refractivity contribution >= 4 is 40.6 Å². The Balaban J connectivity index is 2.19. The summed E-state index contributed by atoms with van der Waals surface area (Å²) in [5.41, 5.74) is 0. The van der Waals surface area contributed by atoms with Gasteiger partial charge in [0.1, 0.15) is 0 Å². The van der Waals surface area contributed by atoms with Crippen LogP contribution in [0.5, 0.6) is 0 Å². The van der Waals surface area contributed by atoms with Gasteiger partial charge in [0, 0.05) is 16.7 Å². The van der Waals surface area contributed by atoms with E-state index in [1.54, 1.807) is 23.1 Å². The Hall–Kier alpha value is -0.190. The molecule has 84 valence electrons. The van der Waals surface area contributed by atoms with E-state index >= 15 is 0 Å². The lowest BCUT2D eigenvalue weighted by Gasteiger charge is -2.07. The highest BCUT2D eigenvalue weighted by Gasteiger charge is 2.04. The lowest BCUT2D eigenvalue weighted by atomic mass is 10.4. The van der Waals surface area contributed by atoms with Crippen molar-refractivity contribution in [3.8, 4) is 0 Å². The average Bonchev–Trinajstić information content (AvgIpc) is 2.50. The highest BCUT2D eigenvalue weighted by Crippen LogP contribution is 2.24. The second-order valence-electron chi connectivity index (χ2n) is 3.42. The molecule has 1 heterocycles. The number of halogens is 1. The zero-order valence-electron chi connectivity index (χ0n) is 8.75. The van der Waals surface area contributed by atoms with E-state index in [0.717, 1.165) is 10.1 Å². The summed E-state index contributed by atoms with van der Waals surface area (Å²) in [5.74, 6) is 1.45. The summed E-state index contributed by atoms with van der Waals surface area (Å²) in [6, 6.07) is 4.10. The molecular weight excluding hydrogens is 250 g/mol. The van der Waals surface area contributed by atoms with Gasteiger partial charge in [-0.3, -0.25) is 4.79 Å². The van der Waals surface area contributed by atoms with E-state index in [4.69, 9.17) is 11.6 Å². The molecule has 1 aromatic heterocycles. The molecule has 0 saturated carbocycles. The van der Waals surface area contributed by atoms with E-state index in [2.05, 4.69) is 5.32 Å². The number of hydrogen-bond acceptors (Lipinski definition) is 3. The van der Waals surface area contributed by atoms with Crippen molar-refractivity contribution in [1.29, 1.82) is 0 Å². The average molecular weight is 264 g/mol. The summed E-state index contributed by atoms with van der Waals surface area (Å²) in [5, 5.41) is 2.85. The predicted octanol–water partition coefficient (Wildman–Crippen LogP) is 3.16. The molecule has 0 unspecified atom stereocenters. The smallest absolute Gasteiger partial charge is 0.230 e. The quantitative estimate of drug-likeness (QED) is 0.884. The first-order valence-electron chi connectivity index (χ1n) is 4.69. The molecule has 15 heavy (non-hydrogen) atoms. The Morgan fingerprint density at radius 1 is 1.60 bits per heavy atom. The van der Waals surface area contributed by atoms with Crippen molar-refractivity contribution in [3.63, 3.8) is 0 Å². The summed E-state index contributed by atoms with van der Waals surface area (Å²) < 4.78 is 0.803. The van der Waals surface area contributed by atoms with Gasteiger partial charge in [0.2, 0.25) is 5.91 Å². The number of carbonyl (C=O) groups excluding carboxylic acids is 1. The van der Waals surface area contributed by atoms with E-state index in [1.165, 1.54) is 4.88 Å². The molecule has 1 rings (SSSR count). The topological polar surface area (TPSA) is 29.1 Å². The SMILES string of the molecule is CC(C)NC(=O)CSCc1ccc(Cl)s1. The van der Waals surface area contributed by atoms with Crippen LogP contribution in [-0.2, 0) is 10.5 Å². The standard InChI is InChI=1S/C10H14ClNOS2/c1-7(2)12-10(13)6-14-5-8-3-4-9(11)15-8/h3-4,7H,5-6H2,1-2H3,(H,12,13). The van der Waals surface area contributed by atoms with Crippen LogP contribution >= 0.6 is 34.7 Å². The van der Waals surface area contributed by atoms with Gasteiger partial charge in [-0.05, 0) is 26.0 Å². The van der Waals surface area contributed by atoms with Gasteiger partial charge in [-0.25, -0.2) is 0 Å². The summed E-state index contributed by atoms with van der Waals surface area (Å²) in [7, 11) is 0. The maximum absolute atomic E-state index is 11.3. The van der Waals surface area contributed by atoms with Crippen LogP contribution in [0.15, 0.2) is 12.1 Å². The third-order valence-corrected chi connectivity index (χ3v) is 3.95. The van der Waals surface area contributed by atoms with Gasteiger partial charge in [-0.1, -0.05) is 11.6 Å². The van der Waals surface area contributed by atoms with E-state index in [1.807, 2.05) is 26.0 Å². The number of thiophene rings is 1. The molecule has 0 fully saturated rings. The van der Waals surface area contributed by atoms with Gasteiger partial charge in [0.15, 0.2) is 0 Å². The fourth-order valence-corrected chi connectivity index (χ4v) is 3.07. The molecule has 0 bridgehead atoms. The Labute approximate surface area is 103 Å². The Morgan fingerprint density at radius 3 is 2.87 bits per heavy atom. The number of nitrogens with one attached hydrogen (secondary N) is 1. The first-order chi connectivity index (χ1) is 7.08. The third-order valence-electron chi connectivity index (χ3n) is 1.56. The van der Waals surface area contributed by atoms with Crippen LogP contribution in [0.25, 0.3) is 0 Å². The molecule has 0 saturated heterocycles. The number of hydrogen-bond donors (Lipinski definition) is 1. The van der Waals surface area contributed by atoms with E-state index in [-0.39, 0.29) is 11.9 Å². The molecule has 2 nitrogen and oxygen atoms in total. The summed E-state index contributed by atoms with van der Waals surface area (Å²) >= 11 is 8.98. The van der Waals surface area contributed by atoms with Crippen molar-refractivity contribution in [1.82, 2.24) is 5.32 Å². The lowest BCUT2D eigenvalue weighted by molar-refractivity contribution is -0.119. The Kier molecular flexibility index (Phi) is 5.50. The van der Waals surface area contributed by atoms with Crippen LogP contribution in [0.4, 0.5) is 0 Å². The number of thioether (sulfide) groups is 1. The Bertz CT molecular complexity index is 325. The highest BCUT2D eigenvalue weighted by molar-refractivity contribution is 7.99. The number of amides is 1. The maximum atomic E-state index is 11.3. The van der Waals surface area contributed by atoms with Crippen LogP contribution in [-0.4, -0.2) is 17.7 Å². The van der Waals surface area contributed by atoms with Crippen molar-refractivity contribution in [2.45, 2.75) is 25.6 Å².